The van der Waals surface area contributed by atoms with Gasteiger partial charge in [-0.3, -0.25) is 0 Å². The molecule has 0 N–H and O–H groups in total. The first-order valence-corrected chi connectivity index (χ1v) is 3.98. The summed E-state index contributed by atoms with van der Waals surface area (Å²) in [4.78, 5) is 10.3. The highest BCUT2D eigenvalue weighted by molar-refractivity contribution is 5.75. The molecule has 0 fully saturated rings. The Morgan fingerprint density at radius 2 is 1.88 bits per heavy atom. The number of halogens is 5. The number of benzene rings is 1. The maximum absolute atomic E-state index is 12.9. The Morgan fingerprint density at radius 3 is 2.44 bits per heavy atom. The molecule has 0 amide bonds. The molecule has 0 saturated heterocycles. The minimum absolute atomic E-state index is 0.461. The first kappa shape index (κ1) is 12.4. The van der Waals surface area contributed by atoms with Crippen LogP contribution in [0.2, 0.25) is 0 Å². The molecule has 0 radical (unpaired) electrons. The highest BCUT2D eigenvalue weighted by Gasteiger charge is 2.40. The first-order valence-electron chi connectivity index (χ1n) is 3.98. The van der Waals surface area contributed by atoms with Gasteiger partial charge in [-0.15, -0.1) is 0 Å². The molecule has 88 valence electrons. The molecular formula is C9H5F5O2. The molecule has 16 heavy (non-hydrogen) atoms. The third-order valence-electron chi connectivity index (χ3n) is 1.60. The van der Waals surface area contributed by atoms with Crippen LogP contribution >= 0.6 is 0 Å². The third kappa shape index (κ3) is 3.18. The normalized spacial score (nSPS) is 11.3. The number of ether oxygens (including phenoxy) is 1. The molecule has 0 saturated carbocycles. The van der Waals surface area contributed by atoms with Gasteiger partial charge in [0.1, 0.15) is 18.2 Å². The van der Waals surface area contributed by atoms with Gasteiger partial charge in [0.15, 0.2) is 0 Å². The third-order valence-corrected chi connectivity index (χ3v) is 1.60. The monoisotopic (exact) mass is 240 g/mol. The molecule has 0 spiro atoms. The molecule has 0 aliphatic heterocycles. The van der Waals surface area contributed by atoms with Gasteiger partial charge in [0.25, 0.3) is 0 Å². The fourth-order valence-electron chi connectivity index (χ4n) is 0.879. The summed E-state index contributed by atoms with van der Waals surface area (Å²) in [6.07, 6.45) is -5.15. The minimum atomic E-state index is -5.15. The Morgan fingerprint density at radius 1 is 1.25 bits per heavy atom. The average Bonchev–Trinajstić information content (AvgIpc) is 2.17. The summed E-state index contributed by atoms with van der Waals surface area (Å²) in [6.45, 7) is -0.970. The van der Waals surface area contributed by atoms with E-state index >= 15 is 0 Å². The van der Waals surface area contributed by atoms with Gasteiger partial charge in [0.2, 0.25) is 0 Å². The number of hydrogen-bond donors (Lipinski definition) is 0. The van der Waals surface area contributed by atoms with Gasteiger partial charge in [-0.2, -0.15) is 13.2 Å². The van der Waals surface area contributed by atoms with Crippen molar-refractivity contribution in [3.63, 3.8) is 0 Å². The second kappa shape index (κ2) is 4.46. The number of carbonyl (C=O) groups excluding carboxylic acids is 1. The van der Waals surface area contributed by atoms with Crippen molar-refractivity contribution in [1.82, 2.24) is 0 Å². The van der Waals surface area contributed by atoms with E-state index in [9.17, 15) is 26.7 Å². The van der Waals surface area contributed by atoms with E-state index in [2.05, 4.69) is 4.74 Å². The lowest BCUT2D eigenvalue weighted by Gasteiger charge is -2.07. The Labute approximate surface area is 86.6 Å². The predicted octanol–water partition coefficient (Wildman–Crippen LogP) is 2.57. The van der Waals surface area contributed by atoms with Crippen LogP contribution in [-0.2, 0) is 16.1 Å². The van der Waals surface area contributed by atoms with Gasteiger partial charge in [-0.25, -0.2) is 13.6 Å². The maximum Gasteiger partial charge on any atom is 0.490 e. The average molecular weight is 240 g/mol. The van der Waals surface area contributed by atoms with Gasteiger partial charge >= 0.3 is 12.1 Å². The van der Waals surface area contributed by atoms with Gasteiger partial charge in [0.05, 0.1) is 0 Å². The van der Waals surface area contributed by atoms with Crippen LogP contribution < -0.4 is 0 Å². The number of esters is 1. The standard InChI is InChI=1S/C9H5F5O2/c10-6-1-2-7(11)5(3-6)4-16-8(15)9(12,13)14/h1-3H,4H2. The lowest BCUT2D eigenvalue weighted by atomic mass is 10.2. The number of alkyl halides is 3. The van der Waals surface area contributed by atoms with E-state index in [4.69, 9.17) is 0 Å². The van der Waals surface area contributed by atoms with Crippen LogP contribution in [-0.4, -0.2) is 12.1 Å². The smallest absolute Gasteiger partial charge is 0.454 e. The zero-order valence-electron chi connectivity index (χ0n) is 7.65. The molecule has 0 aliphatic rings. The van der Waals surface area contributed by atoms with Crippen LogP contribution in [0.25, 0.3) is 0 Å². The molecule has 7 heteroatoms. The predicted molar refractivity (Wildman–Crippen MR) is 42.2 cm³/mol. The van der Waals surface area contributed by atoms with Gasteiger partial charge in [-0.05, 0) is 18.2 Å². The summed E-state index contributed by atoms with van der Waals surface area (Å²) in [5, 5.41) is 0. The van der Waals surface area contributed by atoms with Crippen LogP contribution in [0.5, 0.6) is 0 Å². The minimum Gasteiger partial charge on any atom is -0.454 e. The lowest BCUT2D eigenvalue weighted by Crippen LogP contribution is -2.25. The van der Waals surface area contributed by atoms with Crippen molar-refractivity contribution < 1.29 is 31.5 Å². The topological polar surface area (TPSA) is 26.3 Å². The van der Waals surface area contributed by atoms with Gasteiger partial charge in [0, 0.05) is 5.56 Å². The van der Waals surface area contributed by atoms with Crippen molar-refractivity contribution in [3.05, 3.63) is 35.4 Å². The Hall–Kier alpha value is -1.66. The van der Waals surface area contributed by atoms with Crippen LogP contribution in [0, 0.1) is 11.6 Å². The zero-order chi connectivity index (χ0) is 12.3. The Bertz CT molecular complexity index is 399. The first-order chi connectivity index (χ1) is 7.30. The summed E-state index contributed by atoms with van der Waals surface area (Å²) >= 11 is 0. The van der Waals surface area contributed by atoms with E-state index in [1.165, 1.54) is 0 Å². The molecule has 0 aliphatic carbocycles. The van der Waals surface area contributed by atoms with Crippen LogP contribution in [0.4, 0.5) is 22.0 Å². The quantitative estimate of drug-likeness (QED) is 0.586. The molecule has 0 aromatic heterocycles. The van der Waals surface area contributed by atoms with Crippen molar-refractivity contribution in [1.29, 1.82) is 0 Å². The van der Waals surface area contributed by atoms with Crippen molar-refractivity contribution >= 4 is 5.97 Å². The van der Waals surface area contributed by atoms with Crippen molar-refractivity contribution in [2.24, 2.45) is 0 Å². The summed E-state index contributed by atoms with van der Waals surface area (Å²) < 4.78 is 64.3. The fraction of sp³-hybridized carbons (Fsp3) is 0.222. The summed E-state index contributed by atoms with van der Waals surface area (Å²) in [6, 6.07) is 2.18. The van der Waals surface area contributed by atoms with E-state index < -0.39 is 36.0 Å². The van der Waals surface area contributed by atoms with Crippen LogP contribution in [0.1, 0.15) is 5.56 Å². The number of carbonyl (C=O) groups is 1. The summed E-state index contributed by atoms with van der Waals surface area (Å²) in [7, 11) is 0. The number of hydrogen-bond acceptors (Lipinski definition) is 2. The molecular weight excluding hydrogens is 235 g/mol. The van der Waals surface area contributed by atoms with Gasteiger partial charge in [-0.1, -0.05) is 0 Å². The fourth-order valence-corrected chi connectivity index (χ4v) is 0.879. The highest BCUT2D eigenvalue weighted by atomic mass is 19.4. The van der Waals surface area contributed by atoms with E-state index in [1.807, 2.05) is 0 Å². The van der Waals surface area contributed by atoms with E-state index in [-0.39, 0.29) is 0 Å². The lowest BCUT2D eigenvalue weighted by molar-refractivity contribution is -0.201. The summed E-state index contributed by atoms with van der Waals surface area (Å²) in [5.74, 6) is -4.23. The Balaban J connectivity index is 2.68. The molecule has 0 bridgehead atoms. The molecule has 0 atom stereocenters. The number of rotatable bonds is 2. The van der Waals surface area contributed by atoms with E-state index in [0.29, 0.717) is 6.07 Å². The SMILES string of the molecule is O=C(OCc1cc(F)ccc1F)C(F)(F)F. The molecule has 1 aromatic rings. The second-order valence-corrected chi connectivity index (χ2v) is 2.81. The van der Waals surface area contributed by atoms with Crippen LogP contribution in [0.15, 0.2) is 18.2 Å². The van der Waals surface area contributed by atoms with Crippen molar-refractivity contribution in [2.45, 2.75) is 12.8 Å². The molecule has 0 heterocycles. The zero-order valence-corrected chi connectivity index (χ0v) is 7.65. The molecule has 1 rings (SSSR count). The highest BCUT2D eigenvalue weighted by Crippen LogP contribution is 2.18. The molecule has 1 aromatic carbocycles. The van der Waals surface area contributed by atoms with Crippen LogP contribution in [0.3, 0.4) is 0 Å². The maximum atomic E-state index is 12.9. The van der Waals surface area contributed by atoms with Crippen molar-refractivity contribution in [2.75, 3.05) is 0 Å². The molecule has 0 unspecified atom stereocenters. The van der Waals surface area contributed by atoms with E-state index in [0.717, 1.165) is 12.1 Å². The second-order valence-electron chi connectivity index (χ2n) is 2.81. The largest absolute Gasteiger partial charge is 0.490 e. The molecule has 2 nitrogen and oxygen atoms in total. The van der Waals surface area contributed by atoms with Gasteiger partial charge < -0.3 is 4.74 Å². The Kier molecular flexibility index (Phi) is 3.46. The van der Waals surface area contributed by atoms with E-state index in [1.54, 1.807) is 0 Å². The van der Waals surface area contributed by atoms with Crippen molar-refractivity contribution in [3.8, 4) is 0 Å². The summed E-state index contributed by atoms with van der Waals surface area (Å²) in [5.41, 5.74) is -0.461.